The fourth-order valence-corrected chi connectivity index (χ4v) is 4.40. The number of hydrogen-bond acceptors (Lipinski definition) is 4. The summed E-state index contributed by atoms with van der Waals surface area (Å²) < 4.78 is 5.49. The van der Waals surface area contributed by atoms with Crippen LogP contribution >= 0.6 is 0 Å². The number of unbranched alkanes of at least 4 members (excludes halogenated alkanes) is 2. The summed E-state index contributed by atoms with van der Waals surface area (Å²) >= 11 is 0. The molecule has 0 spiro atoms. The summed E-state index contributed by atoms with van der Waals surface area (Å²) in [5.41, 5.74) is 3.10. The maximum atomic E-state index is 14.3. The molecule has 7 nitrogen and oxygen atoms in total. The van der Waals surface area contributed by atoms with Crippen LogP contribution in [0.15, 0.2) is 48.5 Å². The highest BCUT2D eigenvalue weighted by atomic mass is 16.6. The number of rotatable bonds is 13. The van der Waals surface area contributed by atoms with Crippen LogP contribution in [0, 0.1) is 13.8 Å². The summed E-state index contributed by atoms with van der Waals surface area (Å²) in [4.78, 5) is 42.4. The number of carbonyl (C=O) groups excluding carboxylic acids is 3. The molecule has 0 heterocycles. The molecule has 0 aromatic heterocycles. The van der Waals surface area contributed by atoms with E-state index in [2.05, 4.69) is 17.6 Å². The van der Waals surface area contributed by atoms with Crippen molar-refractivity contribution in [2.24, 2.45) is 0 Å². The Morgan fingerprint density at radius 3 is 2.21 bits per heavy atom. The number of nitrogens with zero attached hydrogens (tertiary/aromatic N) is 1. The minimum Gasteiger partial charge on any atom is -0.444 e. The number of alkyl carbamates (subject to hydrolysis) is 1. The molecule has 214 valence electrons. The highest BCUT2D eigenvalue weighted by Crippen LogP contribution is 2.26. The van der Waals surface area contributed by atoms with Gasteiger partial charge in [-0.1, -0.05) is 75.2 Å². The molecule has 2 rings (SSSR count). The van der Waals surface area contributed by atoms with Crippen LogP contribution in [0.4, 0.5) is 4.79 Å². The van der Waals surface area contributed by atoms with Gasteiger partial charge in [0.1, 0.15) is 17.7 Å². The van der Waals surface area contributed by atoms with Gasteiger partial charge in [0.25, 0.3) is 0 Å². The average molecular weight is 538 g/mol. The van der Waals surface area contributed by atoms with Crippen LogP contribution in [0.2, 0.25) is 0 Å². The molecule has 0 saturated heterocycles. The fraction of sp³-hybridized carbons (Fsp3) is 0.531. The number of aryl methyl sites for hydroxylation is 2. The van der Waals surface area contributed by atoms with Gasteiger partial charge in [-0.15, -0.1) is 0 Å². The van der Waals surface area contributed by atoms with Gasteiger partial charge < -0.3 is 20.3 Å². The van der Waals surface area contributed by atoms with E-state index in [0.717, 1.165) is 41.5 Å². The normalized spacial score (nSPS) is 12.8. The molecule has 0 fully saturated rings. The Labute approximate surface area is 234 Å². The lowest BCUT2D eigenvalue weighted by atomic mass is 9.97. The second kappa shape index (κ2) is 15.3. The highest BCUT2D eigenvalue weighted by molar-refractivity contribution is 5.92. The lowest BCUT2D eigenvalue weighted by Gasteiger charge is -2.34. The highest BCUT2D eigenvalue weighted by Gasteiger charge is 2.36. The predicted molar refractivity (Wildman–Crippen MR) is 156 cm³/mol. The Kier molecular flexibility index (Phi) is 12.5. The summed E-state index contributed by atoms with van der Waals surface area (Å²) in [6.07, 6.45) is 3.21. The second-order valence-corrected chi connectivity index (χ2v) is 11.2. The molecule has 2 aromatic carbocycles. The number of ether oxygens (including phenoxy) is 1. The lowest BCUT2D eigenvalue weighted by molar-refractivity contribution is -0.142. The van der Waals surface area contributed by atoms with Crippen molar-refractivity contribution >= 4 is 17.9 Å². The molecule has 2 aromatic rings. The standard InChI is InChI=1S/C32H47N3O4/c1-8-10-14-19-33-29(36)28(26-18-17-23(3)24(4)21-26)35(20-9-2)30(37)27(22-25-15-12-11-13-16-25)34-31(38)39-32(5,6)7/h11-13,15-18,21,27-28H,8-10,14,19-20,22H2,1-7H3,(H,33,36)(H,34,38). The minimum atomic E-state index is -0.907. The Morgan fingerprint density at radius 2 is 1.62 bits per heavy atom. The van der Waals surface area contributed by atoms with Gasteiger partial charge in [0.15, 0.2) is 0 Å². The van der Waals surface area contributed by atoms with Crippen LogP contribution in [0.1, 0.15) is 88.6 Å². The first kappa shape index (κ1) is 31.9. The quantitative estimate of drug-likeness (QED) is 0.306. The molecule has 7 heteroatoms. The second-order valence-electron chi connectivity index (χ2n) is 11.2. The third-order valence-electron chi connectivity index (χ3n) is 6.51. The van der Waals surface area contributed by atoms with Crippen molar-refractivity contribution in [3.05, 3.63) is 70.8 Å². The smallest absolute Gasteiger partial charge is 0.408 e. The van der Waals surface area contributed by atoms with Crippen LogP contribution < -0.4 is 10.6 Å². The summed E-state index contributed by atoms with van der Waals surface area (Å²) in [6, 6.07) is 13.7. The molecule has 0 aliphatic carbocycles. The largest absolute Gasteiger partial charge is 0.444 e. The third-order valence-corrected chi connectivity index (χ3v) is 6.51. The van der Waals surface area contributed by atoms with E-state index >= 15 is 0 Å². The number of amides is 3. The van der Waals surface area contributed by atoms with Gasteiger partial charge >= 0.3 is 6.09 Å². The molecule has 2 atom stereocenters. The van der Waals surface area contributed by atoms with Crippen LogP contribution in [0.5, 0.6) is 0 Å². The van der Waals surface area contributed by atoms with Gasteiger partial charge in [-0.25, -0.2) is 4.79 Å². The van der Waals surface area contributed by atoms with Crippen molar-refractivity contribution in [3.8, 4) is 0 Å². The summed E-state index contributed by atoms with van der Waals surface area (Å²) in [7, 11) is 0. The molecule has 0 bridgehead atoms. The Morgan fingerprint density at radius 1 is 0.923 bits per heavy atom. The van der Waals surface area contributed by atoms with E-state index in [1.165, 1.54) is 0 Å². The zero-order valence-electron chi connectivity index (χ0n) is 24.8. The summed E-state index contributed by atoms with van der Waals surface area (Å²) in [5, 5.41) is 5.86. The van der Waals surface area contributed by atoms with Crippen molar-refractivity contribution in [2.45, 2.75) is 98.3 Å². The first-order valence-corrected chi connectivity index (χ1v) is 14.2. The molecular weight excluding hydrogens is 490 g/mol. The van der Waals surface area contributed by atoms with E-state index in [0.29, 0.717) is 19.5 Å². The summed E-state index contributed by atoms with van der Waals surface area (Å²) in [5.74, 6) is -0.537. The van der Waals surface area contributed by atoms with Gasteiger partial charge in [0, 0.05) is 19.5 Å². The molecule has 39 heavy (non-hydrogen) atoms. The Balaban J connectivity index is 2.49. The van der Waals surface area contributed by atoms with Crippen molar-refractivity contribution in [3.63, 3.8) is 0 Å². The van der Waals surface area contributed by atoms with E-state index in [9.17, 15) is 14.4 Å². The van der Waals surface area contributed by atoms with Gasteiger partial charge in [0.05, 0.1) is 0 Å². The van der Waals surface area contributed by atoms with Gasteiger partial charge in [-0.2, -0.15) is 0 Å². The SMILES string of the molecule is CCCCCNC(=O)C(c1ccc(C)c(C)c1)N(CCC)C(=O)C(Cc1ccccc1)NC(=O)OC(C)(C)C. The molecular formula is C32H47N3O4. The molecule has 0 radical (unpaired) electrons. The van der Waals surface area contributed by atoms with Crippen molar-refractivity contribution < 1.29 is 19.1 Å². The van der Waals surface area contributed by atoms with Crippen LogP contribution in [0.25, 0.3) is 0 Å². The minimum absolute atomic E-state index is 0.216. The monoisotopic (exact) mass is 537 g/mol. The van der Waals surface area contributed by atoms with E-state index in [1.807, 2.05) is 69.3 Å². The molecule has 0 aliphatic rings. The molecule has 2 N–H and O–H groups in total. The molecule has 2 unspecified atom stereocenters. The lowest BCUT2D eigenvalue weighted by Crippen LogP contribution is -2.54. The topological polar surface area (TPSA) is 87.7 Å². The average Bonchev–Trinajstić information content (AvgIpc) is 2.87. The fourth-order valence-electron chi connectivity index (χ4n) is 4.40. The first-order valence-electron chi connectivity index (χ1n) is 14.2. The third kappa shape index (κ3) is 10.4. The zero-order chi connectivity index (χ0) is 29.0. The van der Waals surface area contributed by atoms with Crippen LogP contribution in [-0.2, 0) is 20.7 Å². The number of benzene rings is 2. The van der Waals surface area contributed by atoms with Crippen molar-refractivity contribution in [2.75, 3.05) is 13.1 Å². The molecule has 0 aliphatic heterocycles. The number of hydrogen-bond donors (Lipinski definition) is 2. The van der Waals surface area contributed by atoms with E-state index in [-0.39, 0.29) is 18.2 Å². The van der Waals surface area contributed by atoms with Crippen molar-refractivity contribution in [1.82, 2.24) is 15.5 Å². The maximum Gasteiger partial charge on any atom is 0.408 e. The Hall–Kier alpha value is -3.35. The van der Waals surface area contributed by atoms with E-state index in [4.69, 9.17) is 4.74 Å². The van der Waals surface area contributed by atoms with Gasteiger partial charge in [-0.05, 0) is 69.7 Å². The first-order chi connectivity index (χ1) is 18.5. The number of nitrogens with one attached hydrogen (secondary N) is 2. The van der Waals surface area contributed by atoms with Crippen LogP contribution in [-0.4, -0.2) is 47.5 Å². The number of carbonyl (C=O) groups is 3. The van der Waals surface area contributed by atoms with Gasteiger partial charge in [-0.3, -0.25) is 9.59 Å². The molecule has 0 saturated carbocycles. The summed E-state index contributed by atoms with van der Waals surface area (Å²) in [6.45, 7) is 14.4. The van der Waals surface area contributed by atoms with Crippen molar-refractivity contribution in [1.29, 1.82) is 0 Å². The zero-order valence-corrected chi connectivity index (χ0v) is 24.8. The van der Waals surface area contributed by atoms with Gasteiger partial charge in [0.2, 0.25) is 11.8 Å². The van der Waals surface area contributed by atoms with E-state index in [1.54, 1.807) is 25.7 Å². The van der Waals surface area contributed by atoms with Crippen LogP contribution in [0.3, 0.4) is 0 Å². The molecule has 3 amide bonds. The maximum absolute atomic E-state index is 14.3. The Bertz CT molecular complexity index is 1080. The predicted octanol–water partition coefficient (Wildman–Crippen LogP) is 6.03. The van der Waals surface area contributed by atoms with E-state index < -0.39 is 23.8 Å².